The van der Waals surface area contributed by atoms with E-state index >= 15 is 0 Å². The molecule has 3 atom stereocenters. The Bertz CT molecular complexity index is 876. The third-order valence-corrected chi connectivity index (χ3v) is 4.35. The van der Waals surface area contributed by atoms with Crippen LogP contribution in [0.25, 0.3) is 11.8 Å². The fraction of sp³-hybridized carbons (Fsp3) is 0.158. The van der Waals surface area contributed by atoms with E-state index in [0.717, 1.165) is 16.2 Å². The van der Waals surface area contributed by atoms with Crippen LogP contribution in [0.15, 0.2) is 60.8 Å². The summed E-state index contributed by atoms with van der Waals surface area (Å²) in [5.74, 6) is 1.46. The van der Waals surface area contributed by atoms with Gasteiger partial charge in [-0.3, -0.25) is 15.0 Å². The van der Waals surface area contributed by atoms with Crippen LogP contribution in [0.1, 0.15) is 11.1 Å². The molecule has 0 radical (unpaired) electrons. The van der Waals surface area contributed by atoms with Crippen molar-refractivity contribution in [2.45, 2.75) is 12.3 Å². The summed E-state index contributed by atoms with van der Waals surface area (Å²) in [5.41, 5.74) is 1.79. The van der Waals surface area contributed by atoms with Gasteiger partial charge in [0.25, 0.3) is 11.9 Å². The second-order valence-corrected chi connectivity index (χ2v) is 6.08. The fourth-order valence-corrected chi connectivity index (χ4v) is 3.07. The topological polar surface area (TPSA) is 66.0 Å². The highest BCUT2D eigenvalue weighted by atomic mass is 16.6. The first-order chi connectivity index (χ1) is 12.1. The van der Waals surface area contributed by atoms with Gasteiger partial charge in [-0.15, -0.1) is 0 Å². The lowest BCUT2D eigenvalue weighted by atomic mass is 10.1. The average molecular weight is 337 g/mol. The minimum Gasteiger partial charge on any atom is -0.475 e. The van der Waals surface area contributed by atoms with Crippen LogP contribution in [-0.2, 0) is 4.74 Å². The van der Waals surface area contributed by atoms with Crippen molar-refractivity contribution in [3.05, 3.63) is 82.0 Å². The van der Waals surface area contributed by atoms with Crippen molar-refractivity contribution in [3.63, 3.8) is 0 Å². The quantitative estimate of drug-likeness (QED) is 0.689. The molecule has 0 fully saturated rings. The van der Waals surface area contributed by atoms with E-state index in [9.17, 15) is 10.1 Å². The van der Waals surface area contributed by atoms with Crippen LogP contribution in [0.3, 0.4) is 0 Å². The standard InChI is InChI=1S/C19H16N2O4/c1-20-12-18(13-5-3-2-4-6-13)25-19(20)17-9-7-14-11-15(21(22)23)8-10-16(14)24-17/h2-12,17,19H,1H3/p+1/t17-,19-/m0/s1. The van der Waals surface area contributed by atoms with E-state index in [-0.39, 0.29) is 18.0 Å². The Balaban J connectivity index is 1.53. The van der Waals surface area contributed by atoms with Gasteiger partial charge < -0.3 is 9.47 Å². The SMILES string of the molecule is C[NH+]1C=C(c2ccccc2)O[C@H]1[C@@H]1C=Cc2cc([N+](=O)[O-])ccc2O1. The summed E-state index contributed by atoms with van der Waals surface area (Å²) in [4.78, 5) is 11.6. The summed E-state index contributed by atoms with van der Waals surface area (Å²) in [7, 11) is 2.02. The molecule has 1 unspecified atom stereocenters. The molecule has 0 aliphatic carbocycles. The van der Waals surface area contributed by atoms with Gasteiger partial charge in [0.15, 0.2) is 5.76 Å². The van der Waals surface area contributed by atoms with Crippen LogP contribution in [-0.4, -0.2) is 24.3 Å². The van der Waals surface area contributed by atoms with Gasteiger partial charge in [-0.2, -0.15) is 0 Å². The minimum atomic E-state index is -0.408. The number of rotatable bonds is 3. The normalized spacial score (nSPS) is 24.0. The van der Waals surface area contributed by atoms with Crippen molar-refractivity contribution in [3.8, 4) is 5.75 Å². The molecule has 126 valence electrons. The van der Waals surface area contributed by atoms with Crippen LogP contribution in [0.4, 0.5) is 5.69 Å². The van der Waals surface area contributed by atoms with Gasteiger partial charge in [0.1, 0.15) is 11.9 Å². The van der Waals surface area contributed by atoms with Crippen molar-refractivity contribution in [2.24, 2.45) is 0 Å². The molecule has 0 spiro atoms. The number of nitrogens with zero attached hydrogens (tertiary/aromatic N) is 1. The number of fused-ring (bicyclic) bond motifs is 1. The number of likely N-dealkylation sites (N-methyl/N-ethyl adjacent to an activating group) is 1. The van der Waals surface area contributed by atoms with Crippen LogP contribution < -0.4 is 9.64 Å². The van der Waals surface area contributed by atoms with E-state index in [1.54, 1.807) is 6.07 Å². The number of nitrogens with one attached hydrogen (secondary N) is 1. The van der Waals surface area contributed by atoms with Gasteiger partial charge in [0.05, 0.1) is 12.0 Å². The van der Waals surface area contributed by atoms with E-state index in [2.05, 4.69) is 0 Å². The Kier molecular flexibility index (Phi) is 3.74. The zero-order valence-electron chi connectivity index (χ0n) is 13.6. The first-order valence-corrected chi connectivity index (χ1v) is 8.02. The van der Waals surface area contributed by atoms with E-state index in [4.69, 9.17) is 9.47 Å². The smallest absolute Gasteiger partial charge is 0.277 e. The molecule has 0 bridgehead atoms. The maximum absolute atomic E-state index is 10.9. The van der Waals surface area contributed by atoms with Crippen molar-refractivity contribution in [1.82, 2.24) is 0 Å². The zero-order chi connectivity index (χ0) is 17.4. The molecule has 0 aromatic heterocycles. The first-order valence-electron chi connectivity index (χ1n) is 8.02. The predicted molar refractivity (Wildman–Crippen MR) is 92.7 cm³/mol. The molecule has 2 aromatic rings. The molecular formula is C19H17N2O4+. The summed E-state index contributed by atoms with van der Waals surface area (Å²) >= 11 is 0. The molecule has 2 heterocycles. The summed E-state index contributed by atoms with van der Waals surface area (Å²) in [5, 5.41) is 10.9. The molecule has 2 aromatic carbocycles. The number of non-ortho nitro benzene ring substituents is 1. The summed E-state index contributed by atoms with van der Waals surface area (Å²) in [6.45, 7) is 0. The number of ether oxygens (including phenoxy) is 2. The number of benzene rings is 2. The van der Waals surface area contributed by atoms with Crippen molar-refractivity contribution in [2.75, 3.05) is 7.05 Å². The highest BCUT2D eigenvalue weighted by Gasteiger charge is 2.38. The van der Waals surface area contributed by atoms with Crippen LogP contribution in [0.2, 0.25) is 0 Å². The summed E-state index contributed by atoms with van der Waals surface area (Å²) in [6.07, 6.45) is 5.29. The number of nitro benzene ring substituents is 1. The molecule has 6 heteroatoms. The third kappa shape index (κ3) is 2.88. The Morgan fingerprint density at radius 3 is 2.68 bits per heavy atom. The average Bonchev–Trinajstić information content (AvgIpc) is 3.03. The van der Waals surface area contributed by atoms with E-state index in [0.29, 0.717) is 11.3 Å². The zero-order valence-corrected chi connectivity index (χ0v) is 13.6. The second-order valence-electron chi connectivity index (χ2n) is 6.08. The molecule has 0 saturated heterocycles. The molecular weight excluding hydrogens is 320 g/mol. The Labute approximate surface area is 144 Å². The third-order valence-electron chi connectivity index (χ3n) is 4.35. The van der Waals surface area contributed by atoms with Gasteiger partial charge in [-0.25, -0.2) is 0 Å². The molecule has 2 aliphatic rings. The lowest BCUT2D eigenvalue weighted by Crippen LogP contribution is -3.09. The molecule has 6 nitrogen and oxygen atoms in total. The van der Waals surface area contributed by atoms with E-state index in [1.165, 1.54) is 12.1 Å². The molecule has 2 aliphatic heterocycles. The second kappa shape index (κ2) is 6.07. The minimum absolute atomic E-state index is 0.0540. The Hall–Kier alpha value is -3.12. The molecule has 25 heavy (non-hydrogen) atoms. The maximum Gasteiger partial charge on any atom is 0.277 e. The Morgan fingerprint density at radius 2 is 1.92 bits per heavy atom. The van der Waals surface area contributed by atoms with Crippen molar-refractivity contribution >= 4 is 17.5 Å². The van der Waals surface area contributed by atoms with E-state index in [1.807, 2.05) is 55.7 Å². The lowest BCUT2D eigenvalue weighted by Gasteiger charge is -2.26. The number of hydrogen-bond acceptors (Lipinski definition) is 4. The van der Waals surface area contributed by atoms with Gasteiger partial charge in [0, 0.05) is 23.3 Å². The van der Waals surface area contributed by atoms with Crippen LogP contribution in [0, 0.1) is 10.1 Å². The molecule has 0 amide bonds. The van der Waals surface area contributed by atoms with Crippen molar-refractivity contribution in [1.29, 1.82) is 0 Å². The maximum atomic E-state index is 10.9. The number of nitro groups is 1. The first kappa shape index (κ1) is 15.4. The summed E-state index contributed by atoms with van der Waals surface area (Å²) < 4.78 is 12.1. The van der Waals surface area contributed by atoms with Gasteiger partial charge in [0.2, 0.25) is 6.10 Å². The monoisotopic (exact) mass is 337 g/mol. The largest absolute Gasteiger partial charge is 0.475 e. The highest BCUT2D eigenvalue weighted by molar-refractivity contribution is 5.64. The van der Waals surface area contributed by atoms with Gasteiger partial charge in [-0.1, -0.05) is 36.4 Å². The van der Waals surface area contributed by atoms with Crippen molar-refractivity contribution < 1.29 is 19.3 Å². The molecule has 0 saturated carbocycles. The molecule has 1 N–H and O–H groups in total. The fourth-order valence-electron chi connectivity index (χ4n) is 3.07. The van der Waals surface area contributed by atoms with Gasteiger partial charge >= 0.3 is 0 Å². The highest BCUT2D eigenvalue weighted by Crippen LogP contribution is 2.31. The Morgan fingerprint density at radius 1 is 1.12 bits per heavy atom. The van der Waals surface area contributed by atoms with Crippen LogP contribution >= 0.6 is 0 Å². The number of quaternary nitrogens is 1. The van der Waals surface area contributed by atoms with Crippen LogP contribution in [0.5, 0.6) is 5.75 Å². The van der Waals surface area contributed by atoms with E-state index < -0.39 is 4.92 Å². The number of hydrogen-bond donors (Lipinski definition) is 1. The molecule has 4 rings (SSSR count). The predicted octanol–water partition coefficient (Wildman–Crippen LogP) is 2.24. The van der Waals surface area contributed by atoms with Gasteiger partial charge in [-0.05, 0) is 12.1 Å². The lowest BCUT2D eigenvalue weighted by molar-refractivity contribution is -0.869. The summed E-state index contributed by atoms with van der Waals surface area (Å²) in [6, 6.07) is 14.5.